The van der Waals surface area contributed by atoms with Crippen molar-refractivity contribution in [2.75, 3.05) is 13.1 Å². The second-order valence-corrected chi connectivity index (χ2v) is 9.71. The molecule has 10 heteroatoms. The van der Waals surface area contributed by atoms with Crippen LogP contribution in [0.15, 0.2) is 91.1 Å². The summed E-state index contributed by atoms with van der Waals surface area (Å²) >= 11 is 0. The number of H-pyrrole nitrogens is 1. The third-order valence-corrected chi connectivity index (χ3v) is 7.22. The molecule has 3 aromatic carbocycles. The van der Waals surface area contributed by atoms with Crippen molar-refractivity contribution in [3.05, 3.63) is 113 Å². The molecule has 1 aliphatic heterocycles. The van der Waals surface area contributed by atoms with Gasteiger partial charge in [0, 0.05) is 41.8 Å². The maximum Gasteiger partial charge on any atom is 0.416 e. The molecule has 1 fully saturated rings. The Morgan fingerprint density at radius 1 is 0.951 bits per heavy atom. The van der Waals surface area contributed by atoms with Gasteiger partial charge in [-0.1, -0.05) is 54.6 Å². The zero-order valence-electron chi connectivity index (χ0n) is 21.8. The quantitative estimate of drug-likeness (QED) is 0.250. The Hall–Kier alpha value is -4.86. The van der Waals surface area contributed by atoms with Gasteiger partial charge in [0.25, 0.3) is 5.91 Å². The average molecular weight is 561 g/mol. The Morgan fingerprint density at radius 2 is 1.68 bits per heavy atom. The monoisotopic (exact) mass is 560 g/mol. The highest BCUT2D eigenvalue weighted by Gasteiger charge is 2.41. The highest BCUT2D eigenvalue weighted by Crippen LogP contribution is 2.31. The number of benzene rings is 3. The molecule has 2 N–H and O–H groups in total. The van der Waals surface area contributed by atoms with Crippen LogP contribution in [0.4, 0.5) is 13.2 Å². The number of hydrogen-bond acceptors (Lipinski definition) is 3. The lowest BCUT2D eigenvalue weighted by atomic mass is 9.96. The van der Waals surface area contributed by atoms with Gasteiger partial charge in [0.15, 0.2) is 0 Å². The van der Waals surface area contributed by atoms with Gasteiger partial charge in [0.2, 0.25) is 12.3 Å². The van der Waals surface area contributed by atoms with E-state index in [0.29, 0.717) is 6.41 Å². The molecule has 0 aliphatic carbocycles. The van der Waals surface area contributed by atoms with Crippen LogP contribution in [0.1, 0.15) is 27.0 Å². The number of nitrogens with one attached hydrogen (secondary N) is 2. The molecule has 1 aliphatic rings. The van der Waals surface area contributed by atoms with E-state index in [0.717, 1.165) is 34.2 Å². The Balaban J connectivity index is 1.51. The van der Waals surface area contributed by atoms with E-state index in [2.05, 4.69) is 10.3 Å². The van der Waals surface area contributed by atoms with Crippen molar-refractivity contribution in [2.24, 2.45) is 0 Å². The van der Waals surface area contributed by atoms with Gasteiger partial charge in [-0.3, -0.25) is 14.4 Å². The molecule has 41 heavy (non-hydrogen) atoms. The number of fused-ring (bicyclic) bond motifs is 1. The summed E-state index contributed by atoms with van der Waals surface area (Å²) < 4.78 is 40.3. The Labute approximate surface area is 234 Å². The zero-order chi connectivity index (χ0) is 29.0. The Kier molecular flexibility index (Phi) is 7.91. The molecule has 5 rings (SSSR count). The van der Waals surface area contributed by atoms with Gasteiger partial charge in [-0.2, -0.15) is 13.2 Å². The van der Waals surface area contributed by atoms with Crippen LogP contribution in [0.3, 0.4) is 0 Å². The van der Waals surface area contributed by atoms with Gasteiger partial charge in [0.05, 0.1) is 11.6 Å². The van der Waals surface area contributed by atoms with E-state index in [1.54, 1.807) is 12.3 Å². The maximum absolute atomic E-state index is 13.7. The first-order valence-electron chi connectivity index (χ1n) is 13.0. The SMILES string of the molecule is O=CNC1[C@@H](Cc2c[nH]c3ccccc23)N(C(=O)c2cccc(C(F)(F)F)c2)CCN1C(=O)C=Cc1ccccc1. The fourth-order valence-electron chi connectivity index (χ4n) is 5.24. The van der Waals surface area contributed by atoms with Crippen molar-refractivity contribution in [2.45, 2.75) is 24.8 Å². The summed E-state index contributed by atoms with van der Waals surface area (Å²) in [5.41, 5.74) is 1.46. The lowest BCUT2D eigenvalue weighted by Crippen LogP contribution is -2.67. The van der Waals surface area contributed by atoms with E-state index in [9.17, 15) is 27.6 Å². The highest BCUT2D eigenvalue weighted by molar-refractivity contribution is 5.96. The van der Waals surface area contributed by atoms with Crippen LogP contribution in [0.25, 0.3) is 17.0 Å². The van der Waals surface area contributed by atoms with Crippen molar-refractivity contribution < 1.29 is 27.6 Å². The fraction of sp³-hybridized carbons (Fsp3) is 0.194. The molecule has 4 aromatic rings. The summed E-state index contributed by atoms with van der Waals surface area (Å²) in [7, 11) is 0. The van der Waals surface area contributed by atoms with Crippen LogP contribution in [-0.4, -0.2) is 58.3 Å². The van der Waals surface area contributed by atoms with Crippen LogP contribution in [0.5, 0.6) is 0 Å². The third-order valence-electron chi connectivity index (χ3n) is 7.22. The summed E-state index contributed by atoms with van der Waals surface area (Å²) in [6.07, 6.45) is 0.0106. The van der Waals surface area contributed by atoms with Crippen molar-refractivity contribution >= 4 is 35.2 Å². The van der Waals surface area contributed by atoms with Gasteiger partial charge in [0.1, 0.15) is 6.17 Å². The fourth-order valence-corrected chi connectivity index (χ4v) is 5.24. The number of carbonyl (C=O) groups is 3. The van der Waals surface area contributed by atoms with Gasteiger partial charge in [-0.25, -0.2) is 0 Å². The summed E-state index contributed by atoms with van der Waals surface area (Å²) in [5, 5.41) is 3.60. The minimum Gasteiger partial charge on any atom is -0.361 e. The normalized spacial score (nSPS) is 17.6. The van der Waals surface area contributed by atoms with Gasteiger partial charge < -0.3 is 20.1 Å². The number of aromatic amines is 1. The van der Waals surface area contributed by atoms with E-state index < -0.39 is 29.9 Å². The molecule has 210 valence electrons. The topological polar surface area (TPSA) is 85.5 Å². The van der Waals surface area contributed by atoms with Gasteiger partial charge >= 0.3 is 6.18 Å². The maximum atomic E-state index is 13.7. The molecule has 0 bridgehead atoms. The predicted molar refractivity (Wildman–Crippen MR) is 148 cm³/mol. The first-order chi connectivity index (χ1) is 19.8. The summed E-state index contributed by atoms with van der Waals surface area (Å²) in [4.78, 5) is 45.0. The minimum atomic E-state index is -4.61. The number of halogens is 3. The summed E-state index contributed by atoms with van der Waals surface area (Å²) in [6, 6.07) is 20.3. The molecule has 1 aromatic heterocycles. The Morgan fingerprint density at radius 3 is 2.44 bits per heavy atom. The molecule has 0 saturated carbocycles. The number of carbonyl (C=O) groups excluding carboxylic acids is 3. The molecule has 7 nitrogen and oxygen atoms in total. The van der Waals surface area contributed by atoms with E-state index in [4.69, 9.17) is 0 Å². The molecule has 3 amide bonds. The number of piperazine rings is 1. The first kappa shape index (κ1) is 27.7. The number of hydrogen-bond donors (Lipinski definition) is 2. The number of rotatable bonds is 7. The molecular formula is C31H27F3N4O3. The van der Waals surface area contributed by atoms with E-state index >= 15 is 0 Å². The third kappa shape index (κ3) is 6.01. The van der Waals surface area contributed by atoms with Crippen LogP contribution in [0, 0.1) is 0 Å². The van der Waals surface area contributed by atoms with Crippen molar-refractivity contribution in [1.82, 2.24) is 20.1 Å². The van der Waals surface area contributed by atoms with E-state index in [1.165, 1.54) is 28.0 Å². The Bertz CT molecular complexity index is 1580. The van der Waals surface area contributed by atoms with E-state index in [1.807, 2.05) is 54.6 Å². The second-order valence-electron chi connectivity index (χ2n) is 9.71. The number of amides is 3. The lowest BCUT2D eigenvalue weighted by Gasteiger charge is -2.47. The number of para-hydroxylation sites is 1. The van der Waals surface area contributed by atoms with Crippen LogP contribution in [0.2, 0.25) is 0 Å². The molecular weight excluding hydrogens is 533 g/mol. The predicted octanol–water partition coefficient (Wildman–Crippen LogP) is 4.87. The van der Waals surface area contributed by atoms with Crippen LogP contribution < -0.4 is 5.32 Å². The molecule has 1 saturated heterocycles. The number of nitrogens with zero attached hydrogens (tertiary/aromatic N) is 2. The highest BCUT2D eigenvalue weighted by atomic mass is 19.4. The van der Waals surface area contributed by atoms with Crippen molar-refractivity contribution in [1.29, 1.82) is 0 Å². The van der Waals surface area contributed by atoms with E-state index in [-0.39, 0.29) is 31.0 Å². The second kappa shape index (κ2) is 11.7. The number of alkyl halides is 3. The average Bonchev–Trinajstić information content (AvgIpc) is 3.39. The lowest BCUT2D eigenvalue weighted by molar-refractivity contribution is -0.138. The molecule has 1 unspecified atom stereocenters. The van der Waals surface area contributed by atoms with Crippen molar-refractivity contribution in [3.63, 3.8) is 0 Å². The molecule has 0 radical (unpaired) electrons. The van der Waals surface area contributed by atoms with Crippen LogP contribution >= 0.6 is 0 Å². The zero-order valence-corrected chi connectivity index (χ0v) is 21.8. The molecule has 0 spiro atoms. The summed E-state index contributed by atoms with van der Waals surface area (Å²) in [5.74, 6) is -0.992. The van der Waals surface area contributed by atoms with Crippen LogP contribution in [-0.2, 0) is 22.2 Å². The van der Waals surface area contributed by atoms with Crippen molar-refractivity contribution in [3.8, 4) is 0 Å². The largest absolute Gasteiger partial charge is 0.416 e. The molecule has 2 heterocycles. The standard InChI is InChI=1S/C31H27F3N4O3/c32-31(33,34)24-10-6-9-22(17-24)30(41)37-15-16-38(28(40)14-13-21-7-2-1-3-8-21)29(36-20-39)27(37)18-23-19-35-26-12-5-4-11-25(23)26/h1-14,17,19-20,27,29,35H,15-16,18H2,(H,36,39)/t27-,29?/m1/s1. The minimum absolute atomic E-state index is 0.0596. The summed E-state index contributed by atoms with van der Waals surface area (Å²) in [6.45, 7) is 0.128. The molecule has 2 atom stereocenters. The first-order valence-corrected chi connectivity index (χ1v) is 13.0. The number of aromatic nitrogens is 1. The van der Waals surface area contributed by atoms with Gasteiger partial charge in [-0.15, -0.1) is 0 Å². The smallest absolute Gasteiger partial charge is 0.361 e. The van der Waals surface area contributed by atoms with Gasteiger partial charge in [-0.05, 0) is 47.9 Å².